The number of para-hydroxylation sites is 1. The normalized spacial score (nSPS) is 15.9. The first kappa shape index (κ1) is 19.8. The SMILES string of the molecule is C=COC(=O)N1CCCN(CC(=O)Nc2ccccc2C(F)(F)F)CC1. The van der Waals surface area contributed by atoms with Crippen LogP contribution in [0.1, 0.15) is 12.0 Å². The van der Waals surface area contributed by atoms with Crippen LogP contribution in [-0.2, 0) is 15.7 Å². The minimum absolute atomic E-state index is 0.0590. The lowest BCUT2D eigenvalue weighted by molar-refractivity contribution is -0.137. The van der Waals surface area contributed by atoms with E-state index in [2.05, 4.69) is 11.9 Å². The largest absolute Gasteiger partial charge is 0.419 e. The number of halogens is 3. The highest BCUT2D eigenvalue weighted by atomic mass is 19.4. The van der Waals surface area contributed by atoms with Crippen molar-refractivity contribution in [2.24, 2.45) is 0 Å². The first-order chi connectivity index (χ1) is 12.3. The minimum Gasteiger partial charge on any atom is -0.419 e. The van der Waals surface area contributed by atoms with Gasteiger partial charge in [-0.3, -0.25) is 9.69 Å². The molecule has 0 unspecified atom stereocenters. The number of carbonyl (C=O) groups is 2. The van der Waals surface area contributed by atoms with Crippen LogP contribution in [0.25, 0.3) is 0 Å². The van der Waals surface area contributed by atoms with Crippen LogP contribution in [0.15, 0.2) is 37.1 Å². The lowest BCUT2D eigenvalue weighted by Gasteiger charge is -2.21. The molecule has 0 radical (unpaired) electrons. The van der Waals surface area contributed by atoms with Crippen molar-refractivity contribution >= 4 is 17.7 Å². The Morgan fingerprint density at radius 1 is 1.19 bits per heavy atom. The molecule has 9 heteroatoms. The zero-order valence-corrected chi connectivity index (χ0v) is 14.1. The molecule has 1 N–H and O–H groups in total. The van der Waals surface area contributed by atoms with Crippen LogP contribution < -0.4 is 5.32 Å². The van der Waals surface area contributed by atoms with Gasteiger partial charge in [0.1, 0.15) is 0 Å². The van der Waals surface area contributed by atoms with Crippen LogP contribution in [0, 0.1) is 0 Å². The molecule has 142 valence electrons. The molecule has 0 spiro atoms. The molecule has 1 saturated heterocycles. The van der Waals surface area contributed by atoms with Crippen molar-refractivity contribution in [1.29, 1.82) is 0 Å². The van der Waals surface area contributed by atoms with Crippen LogP contribution in [0.2, 0.25) is 0 Å². The van der Waals surface area contributed by atoms with Gasteiger partial charge in [0.2, 0.25) is 5.91 Å². The Bertz CT molecular complexity index is 664. The van der Waals surface area contributed by atoms with Gasteiger partial charge in [-0.25, -0.2) is 4.79 Å². The Balaban J connectivity index is 1.93. The van der Waals surface area contributed by atoms with Gasteiger partial charge in [0.25, 0.3) is 0 Å². The van der Waals surface area contributed by atoms with Crippen molar-refractivity contribution in [2.75, 3.05) is 38.0 Å². The second-order valence-electron chi connectivity index (χ2n) is 5.76. The number of anilines is 1. The Hall–Kier alpha value is -2.55. The van der Waals surface area contributed by atoms with Crippen LogP contribution >= 0.6 is 0 Å². The number of hydrogen-bond donors (Lipinski definition) is 1. The molecule has 0 saturated carbocycles. The van der Waals surface area contributed by atoms with Crippen molar-refractivity contribution in [3.63, 3.8) is 0 Å². The number of alkyl halides is 3. The molecule has 1 fully saturated rings. The summed E-state index contributed by atoms with van der Waals surface area (Å²) in [6.07, 6.45) is -3.38. The number of rotatable bonds is 4. The van der Waals surface area contributed by atoms with Crippen LogP contribution in [0.5, 0.6) is 0 Å². The predicted molar refractivity (Wildman–Crippen MR) is 89.4 cm³/mol. The fraction of sp³-hybridized carbons (Fsp3) is 0.412. The topological polar surface area (TPSA) is 61.9 Å². The summed E-state index contributed by atoms with van der Waals surface area (Å²) < 4.78 is 43.6. The highest BCUT2D eigenvalue weighted by Crippen LogP contribution is 2.34. The summed E-state index contributed by atoms with van der Waals surface area (Å²) in [5.74, 6) is -0.538. The summed E-state index contributed by atoms with van der Waals surface area (Å²) in [5, 5.41) is 2.32. The second kappa shape index (κ2) is 8.70. The average Bonchev–Trinajstić information content (AvgIpc) is 2.80. The number of hydrogen-bond acceptors (Lipinski definition) is 4. The van der Waals surface area contributed by atoms with Gasteiger partial charge in [0.05, 0.1) is 24.1 Å². The third-order valence-corrected chi connectivity index (χ3v) is 3.90. The quantitative estimate of drug-likeness (QED) is 0.827. The molecule has 1 aromatic rings. The summed E-state index contributed by atoms with van der Waals surface area (Å²) >= 11 is 0. The van der Waals surface area contributed by atoms with E-state index >= 15 is 0 Å². The van der Waals surface area contributed by atoms with Gasteiger partial charge in [-0.15, -0.1) is 0 Å². The fourth-order valence-electron chi connectivity index (χ4n) is 2.69. The lowest BCUT2D eigenvalue weighted by atomic mass is 10.1. The lowest BCUT2D eigenvalue weighted by Crippen LogP contribution is -2.38. The number of benzene rings is 1. The second-order valence-corrected chi connectivity index (χ2v) is 5.76. The molecule has 1 heterocycles. The number of ether oxygens (including phenoxy) is 1. The minimum atomic E-state index is -4.54. The summed E-state index contributed by atoms with van der Waals surface area (Å²) in [6, 6.07) is 4.84. The summed E-state index contributed by atoms with van der Waals surface area (Å²) in [7, 11) is 0. The van der Waals surface area contributed by atoms with Gasteiger partial charge in [-0.1, -0.05) is 18.7 Å². The zero-order chi connectivity index (χ0) is 19.2. The number of nitrogens with zero attached hydrogens (tertiary/aromatic N) is 2. The maximum atomic E-state index is 13.0. The Kier molecular flexibility index (Phi) is 6.62. The molecule has 2 amide bonds. The molecular weight excluding hydrogens is 351 g/mol. The Labute approximate surface area is 149 Å². The molecule has 1 aliphatic heterocycles. The van der Waals surface area contributed by atoms with E-state index in [1.54, 1.807) is 4.90 Å². The number of carbonyl (C=O) groups excluding carboxylic acids is 2. The van der Waals surface area contributed by atoms with Gasteiger partial charge in [0, 0.05) is 26.2 Å². The molecule has 1 aromatic carbocycles. The molecular formula is C17H20F3N3O3. The third kappa shape index (κ3) is 5.48. The van der Waals surface area contributed by atoms with E-state index < -0.39 is 23.7 Å². The van der Waals surface area contributed by atoms with E-state index in [-0.39, 0.29) is 12.2 Å². The number of amides is 2. The first-order valence-electron chi connectivity index (χ1n) is 8.06. The van der Waals surface area contributed by atoms with Gasteiger partial charge in [-0.05, 0) is 18.6 Å². The maximum Gasteiger partial charge on any atom is 0.418 e. The molecule has 0 aliphatic carbocycles. The van der Waals surface area contributed by atoms with Gasteiger partial charge >= 0.3 is 12.3 Å². The van der Waals surface area contributed by atoms with Crippen LogP contribution in [0.4, 0.5) is 23.7 Å². The van der Waals surface area contributed by atoms with E-state index in [4.69, 9.17) is 4.74 Å². The third-order valence-electron chi connectivity index (χ3n) is 3.90. The van der Waals surface area contributed by atoms with E-state index in [1.165, 1.54) is 23.1 Å². The Morgan fingerprint density at radius 3 is 2.62 bits per heavy atom. The van der Waals surface area contributed by atoms with Gasteiger partial charge < -0.3 is 15.0 Å². The monoisotopic (exact) mass is 371 g/mol. The van der Waals surface area contributed by atoms with E-state index in [1.807, 2.05) is 0 Å². The molecule has 0 bridgehead atoms. The zero-order valence-electron chi connectivity index (χ0n) is 14.1. The van der Waals surface area contributed by atoms with Gasteiger partial charge in [-0.2, -0.15) is 13.2 Å². The maximum absolute atomic E-state index is 13.0. The summed E-state index contributed by atoms with van der Waals surface area (Å²) in [6.45, 7) is 5.06. The van der Waals surface area contributed by atoms with E-state index in [0.717, 1.165) is 12.3 Å². The van der Waals surface area contributed by atoms with Crippen molar-refractivity contribution in [2.45, 2.75) is 12.6 Å². The molecule has 0 aromatic heterocycles. The molecule has 6 nitrogen and oxygen atoms in total. The highest BCUT2D eigenvalue weighted by molar-refractivity contribution is 5.93. The Morgan fingerprint density at radius 2 is 1.92 bits per heavy atom. The molecule has 0 atom stereocenters. The van der Waals surface area contributed by atoms with Crippen molar-refractivity contribution in [1.82, 2.24) is 9.80 Å². The molecule has 26 heavy (non-hydrogen) atoms. The van der Waals surface area contributed by atoms with Crippen LogP contribution in [0.3, 0.4) is 0 Å². The number of nitrogens with one attached hydrogen (secondary N) is 1. The summed E-state index contributed by atoms with van der Waals surface area (Å²) in [5.41, 5.74) is -1.15. The predicted octanol–water partition coefficient (Wildman–Crippen LogP) is 2.93. The molecule has 1 aliphatic rings. The van der Waals surface area contributed by atoms with E-state index in [0.29, 0.717) is 32.6 Å². The smallest absolute Gasteiger partial charge is 0.418 e. The summed E-state index contributed by atoms with van der Waals surface area (Å²) in [4.78, 5) is 27.1. The van der Waals surface area contributed by atoms with E-state index in [9.17, 15) is 22.8 Å². The van der Waals surface area contributed by atoms with Crippen molar-refractivity contribution < 1.29 is 27.5 Å². The van der Waals surface area contributed by atoms with Crippen molar-refractivity contribution in [3.05, 3.63) is 42.7 Å². The van der Waals surface area contributed by atoms with Crippen LogP contribution in [-0.4, -0.2) is 54.5 Å². The molecule has 2 rings (SSSR count). The van der Waals surface area contributed by atoms with Gasteiger partial charge in [0.15, 0.2) is 0 Å². The fourth-order valence-corrected chi connectivity index (χ4v) is 2.69. The average molecular weight is 371 g/mol. The standard InChI is InChI=1S/C17H20F3N3O3/c1-2-26-16(25)23-9-5-8-22(10-11-23)12-15(24)21-14-7-4-3-6-13(14)17(18,19)20/h2-4,6-7H,1,5,8-12H2,(H,21,24). The van der Waals surface area contributed by atoms with Crippen molar-refractivity contribution in [3.8, 4) is 0 Å². The highest BCUT2D eigenvalue weighted by Gasteiger charge is 2.33. The first-order valence-corrected chi connectivity index (χ1v) is 8.06.